The summed E-state index contributed by atoms with van der Waals surface area (Å²) in [6, 6.07) is 16.6. The molecule has 0 saturated carbocycles. The van der Waals surface area contributed by atoms with Crippen LogP contribution in [-0.4, -0.2) is 40.1 Å². The van der Waals surface area contributed by atoms with Crippen LogP contribution in [0, 0.1) is 6.92 Å². The molecule has 3 aromatic heterocycles. The molecule has 8 nitrogen and oxygen atoms in total. The summed E-state index contributed by atoms with van der Waals surface area (Å²) >= 11 is 0. The Kier molecular flexibility index (Phi) is 4.95. The second kappa shape index (κ2) is 8.06. The highest BCUT2D eigenvalue weighted by atomic mass is 15.5. The van der Waals surface area contributed by atoms with Crippen LogP contribution in [0.5, 0.6) is 0 Å². The van der Waals surface area contributed by atoms with E-state index in [2.05, 4.69) is 72.4 Å². The zero-order valence-electron chi connectivity index (χ0n) is 17.4. The van der Waals surface area contributed by atoms with Gasteiger partial charge in [0.25, 0.3) is 0 Å². The molecule has 154 valence electrons. The van der Waals surface area contributed by atoms with Gasteiger partial charge in [-0.05, 0) is 35.2 Å². The van der Waals surface area contributed by atoms with Gasteiger partial charge in [0.05, 0.1) is 12.2 Å². The first-order valence-corrected chi connectivity index (χ1v) is 10.3. The number of rotatable bonds is 6. The van der Waals surface area contributed by atoms with Crippen molar-refractivity contribution in [1.82, 2.24) is 40.1 Å². The van der Waals surface area contributed by atoms with Crippen molar-refractivity contribution in [3.8, 4) is 22.5 Å². The predicted molar refractivity (Wildman–Crippen MR) is 118 cm³/mol. The summed E-state index contributed by atoms with van der Waals surface area (Å²) in [5.74, 6) is 1.64. The summed E-state index contributed by atoms with van der Waals surface area (Å²) in [5.41, 5.74) is 6.99. The minimum atomic E-state index is 0.587. The van der Waals surface area contributed by atoms with Gasteiger partial charge < -0.3 is 4.57 Å². The molecule has 3 heterocycles. The molecule has 0 fully saturated rings. The van der Waals surface area contributed by atoms with E-state index in [4.69, 9.17) is 4.98 Å². The first-order chi connectivity index (χ1) is 15.2. The topological polar surface area (TPSA) is 98.1 Å². The fourth-order valence-corrected chi connectivity index (χ4v) is 3.85. The van der Waals surface area contributed by atoms with Gasteiger partial charge in [-0.2, -0.15) is 5.21 Å². The van der Waals surface area contributed by atoms with Crippen LogP contribution in [0.3, 0.4) is 0 Å². The Labute approximate surface area is 179 Å². The summed E-state index contributed by atoms with van der Waals surface area (Å²) in [6.45, 7) is 4.86. The van der Waals surface area contributed by atoms with Crippen LogP contribution in [0.1, 0.15) is 30.4 Å². The summed E-state index contributed by atoms with van der Waals surface area (Å²) in [7, 11) is 0. The van der Waals surface area contributed by atoms with Crippen molar-refractivity contribution in [2.45, 2.75) is 33.2 Å². The minimum Gasteiger partial charge on any atom is -0.308 e. The summed E-state index contributed by atoms with van der Waals surface area (Å²) in [4.78, 5) is 13.6. The molecule has 5 rings (SSSR count). The molecule has 0 radical (unpaired) electrons. The zero-order chi connectivity index (χ0) is 21.2. The van der Waals surface area contributed by atoms with Crippen molar-refractivity contribution in [3.05, 3.63) is 71.9 Å². The second-order valence-corrected chi connectivity index (χ2v) is 7.47. The molecule has 0 amide bonds. The van der Waals surface area contributed by atoms with Crippen LogP contribution in [0.2, 0.25) is 0 Å². The molecule has 0 bridgehead atoms. The number of nitrogens with one attached hydrogen (secondary N) is 1. The Morgan fingerprint density at radius 3 is 2.52 bits per heavy atom. The Morgan fingerprint density at radius 2 is 1.77 bits per heavy atom. The number of aryl methyl sites for hydroxylation is 2. The fourth-order valence-electron chi connectivity index (χ4n) is 3.85. The maximum atomic E-state index is 4.82. The van der Waals surface area contributed by atoms with Crippen LogP contribution in [-0.2, 0) is 13.0 Å². The molecule has 0 aliphatic rings. The number of nitrogens with zero attached hydrogens (tertiary/aromatic N) is 7. The number of tetrazole rings is 1. The van der Waals surface area contributed by atoms with E-state index in [1.807, 2.05) is 25.1 Å². The van der Waals surface area contributed by atoms with Crippen molar-refractivity contribution < 1.29 is 0 Å². The van der Waals surface area contributed by atoms with E-state index >= 15 is 0 Å². The van der Waals surface area contributed by atoms with Crippen molar-refractivity contribution in [2.75, 3.05) is 0 Å². The van der Waals surface area contributed by atoms with E-state index in [0.29, 0.717) is 5.82 Å². The smallest absolute Gasteiger partial charge is 0.205 e. The van der Waals surface area contributed by atoms with E-state index in [9.17, 15) is 0 Å². The van der Waals surface area contributed by atoms with Gasteiger partial charge in [0, 0.05) is 12.0 Å². The first kappa shape index (κ1) is 19.0. The first-order valence-electron chi connectivity index (χ1n) is 10.3. The minimum absolute atomic E-state index is 0.587. The van der Waals surface area contributed by atoms with E-state index < -0.39 is 0 Å². The number of H-pyrrole nitrogens is 1. The SMILES string of the molecule is CCCc1nc2c(C)ncnc2n1Cc1ccc(-c2ccccc2-c2nn[nH]n2)cc1. The molecule has 0 aliphatic carbocycles. The third kappa shape index (κ3) is 3.56. The molecule has 0 saturated heterocycles. The van der Waals surface area contributed by atoms with Gasteiger partial charge in [-0.15, -0.1) is 10.2 Å². The van der Waals surface area contributed by atoms with Gasteiger partial charge in [-0.1, -0.05) is 55.5 Å². The largest absolute Gasteiger partial charge is 0.308 e. The van der Waals surface area contributed by atoms with Crippen molar-refractivity contribution in [3.63, 3.8) is 0 Å². The van der Waals surface area contributed by atoms with E-state index in [1.165, 1.54) is 5.56 Å². The lowest BCUT2D eigenvalue weighted by molar-refractivity contribution is 0.716. The molecule has 5 aromatic rings. The van der Waals surface area contributed by atoms with Crippen LogP contribution in [0.15, 0.2) is 54.9 Å². The van der Waals surface area contributed by atoms with Crippen LogP contribution >= 0.6 is 0 Å². The molecule has 0 spiro atoms. The van der Waals surface area contributed by atoms with Crippen molar-refractivity contribution >= 4 is 11.2 Å². The average molecular weight is 410 g/mol. The highest BCUT2D eigenvalue weighted by Gasteiger charge is 2.15. The Hall–Kier alpha value is -3.94. The number of hydrogen-bond donors (Lipinski definition) is 1. The lowest BCUT2D eigenvalue weighted by Crippen LogP contribution is -2.06. The Balaban J connectivity index is 1.49. The van der Waals surface area contributed by atoms with Gasteiger partial charge >= 0.3 is 0 Å². The molecule has 2 aromatic carbocycles. The normalized spacial score (nSPS) is 11.3. The average Bonchev–Trinajstić information content (AvgIpc) is 3.45. The molecule has 1 N–H and O–H groups in total. The van der Waals surface area contributed by atoms with Gasteiger partial charge in [0.1, 0.15) is 17.7 Å². The summed E-state index contributed by atoms with van der Waals surface area (Å²) in [6.07, 6.45) is 3.55. The third-order valence-corrected chi connectivity index (χ3v) is 5.39. The number of aromatic amines is 1. The summed E-state index contributed by atoms with van der Waals surface area (Å²) in [5, 5.41) is 14.5. The number of hydrogen-bond acceptors (Lipinski definition) is 6. The quantitative estimate of drug-likeness (QED) is 0.455. The molecule has 31 heavy (non-hydrogen) atoms. The molecular weight excluding hydrogens is 388 g/mol. The summed E-state index contributed by atoms with van der Waals surface area (Å²) < 4.78 is 2.20. The third-order valence-electron chi connectivity index (χ3n) is 5.39. The van der Waals surface area contributed by atoms with Gasteiger partial charge in [-0.3, -0.25) is 0 Å². The van der Waals surface area contributed by atoms with Crippen molar-refractivity contribution in [1.29, 1.82) is 0 Å². The Morgan fingerprint density at radius 1 is 0.968 bits per heavy atom. The van der Waals surface area contributed by atoms with Crippen molar-refractivity contribution in [2.24, 2.45) is 0 Å². The van der Waals surface area contributed by atoms with E-state index in [-0.39, 0.29) is 0 Å². The molecule has 0 atom stereocenters. The fraction of sp³-hybridized carbons (Fsp3) is 0.217. The second-order valence-electron chi connectivity index (χ2n) is 7.47. The lowest BCUT2D eigenvalue weighted by atomic mass is 9.98. The number of benzene rings is 2. The number of imidazole rings is 1. The number of fused-ring (bicyclic) bond motifs is 1. The molecule has 0 aliphatic heterocycles. The standard InChI is InChI=1S/C23H22N8/c1-3-6-20-26-21-15(2)24-14-25-23(21)31(20)13-16-9-11-17(12-10-16)18-7-4-5-8-19(18)22-27-29-30-28-22/h4-5,7-12,14H,3,6,13H2,1-2H3,(H,27,28,29,30). The molecule has 8 heteroatoms. The highest BCUT2D eigenvalue weighted by molar-refractivity contribution is 5.80. The van der Waals surface area contributed by atoms with Crippen LogP contribution < -0.4 is 0 Å². The van der Waals surface area contributed by atoms with Crippen LogP contribution in [0.4, 0.5) is 0 Å². The number of aromatic nitrogens is 8. The zero-order valence-corrected chi connectivity index (χ0v) is 17.4. The predicted octanol–water partition coefficient (Wildman–Crippen LogP) is 3.98. The molecule has 0 unspecified atom stereocenters. The van der Waals surface area contributed by atoms with Gasteiger partial charge in [-0.25, -0.2) is 15.0 Å². The van der Waals surface area contributed by atoms with E-state index in [1.54, 1.807) is 6.33 Å². The highest BCUT2D eigenvalue weighted by Crippen LogP contribution is 2.30. The molecular formula is C23H22N8. The lowest BCUT2D eigenvalue weighted by Gasteiger charge is -2.10. The maximum absolute atomic E-state index is 4.82. The Bertz CT molecular complexity index is 1320. The van der Waals surface area contributed by atoms with E-state index in [0.717, 1.165) is 58.8 Å². The monoisotopic (exact) mass is 410 g/mol. The maximum Gasteiger partial charge on any atom is 0.205 e. The van der Waals surface area contributed by atoms with Crippen LogP contribution in [0.25, 0.3) is 33.7 Å². The van der Waals surface area contributed by atoms with Gasteiger partial charge in [0.15, 0.2) is 5.65 Å². The van der Waals surface area contributed by atoms with Gasteiger partial charge in [0.2, 0.25) is 5.82 Å².